The maximum Gasteiger partial charge on any atom is 0.244 e. The number of nitrogens with one attached hydrogen (secondary N) is 1. The highest BCUT2D eigenvalue weighted by Crippen LogP contribution is 2.18. The maximum absolute atomic E-state index is 12.3. The molecule has 2 heterocycles. The molecule has 1 aliphatic rings. The summed E-state index contributed by atoms with van der Waals surface area (Å²) in [5, 5.41) is 7.54. The quantitative estimate of drug-likeness (QED) is 0.915. The first-order valence-electron chi connectivity index (χ1n) is 7.67. The van der Waals surface area contributed by atoms with Gasteiger partial charge in [0.15, 0.2) is 0 Å². The molecule has 0 aliphatic carbocycles. The topological polar surface area (TPSA) is 67.2 Å². The fourth-order valence-electron chi connectivity index (χ4n) is 2.70. The van der Waals surface area contributed by atoms with Crippen LogP contribution in [0.15, 0.2) is 0 Å². The summed E-state index contributed by atoms with van der Waals surface area (Å²) in [5.41, 5.74) is 1.45. The van der Waals surface area contributed by atoms with E-state index in [-0.39, 0.29) is 18.4 Å². The van der Waals surface area contributed by atoms with E-state index in [0.717, 1.165) is 31.6 Å². The maximum atomic E-state index is 12.3. The Morgan fingerprint density at radius 2 is 1.91 bits per heavy atom. The van der Waals surface area contributed by atoms with Gasteiger partial charge < -0.3 is 10.2 Å². The summed E-state index contributed by atoms with van der Waals surface area (Å²) in [6, 6.07) is -0.516. The number of hydrogen-bond donors (Lipinski definition) is 1. The van der Waals surface area contributed by atoms with Gasteiger partial charge in [0.2, 0.25) is 11.8 Å². The minimum Gasteiger partial charge on any atom is -0.343 e. The molecule has 0 unspecified atom stereocenters. The molecule has 2 rings (SSSR count). The van der Waals surface area contributed by atoms with Crippen LogP contribution in [0, 0.1) is 13.8 Å². The lowest BCUT2D eigenvalue weighted by atomic mass is 10.1. The number of likely N-dealkylation sites (tertiary alicyclic amines) is 1. The van der Waals surface area contributed by atoms with Gasteiger partial charge in [0, 0.05) is 13.1 Å². The van der Waals surface area contributed by atoms with Gasteiger partial charge in [-0.3, -0.25) is 14.3 Å². The molecule has 0 bridgehead atoms. The van der Waals surface area contributed by atoms with Crippen LogP contribution < -0.4 is 5.32 Å². The molecule has 22 heavy (non-hydrogen) atoms. The largest absolute Gasteiger partial charge is 0.343 e. The fraction of sp³-hybridized carbons (Fsp3) is 0.667. The van der Waals surface area contributed by atoms with E-state index in [4.69, 9.17) is 11.6 Å². The molecule has 1 N–H and O–H groups in total. The summed E-state index contributed by atoms with van der Waals surface area (Å²) in [7, 11) is 0. The van der Waals surface area contributed by atoms with Gasteiger partial charge in [0.1, 0.15) is 12.6 Å². The Hall–Kier alpha value is -1.56. The Morgan fingerprint density at radius 3 is 2.45 bits per heavy atom. The predicted octanol–water partition coefficient (Wildman–Crippen LogP) is 1.67. The van der Waals surface area contributed by atoms with Crippen molar-refractivity contribution in [2.45, 2.75) is 52.6 Å². The molecule has 0 spiro atoms. The number of halogens is 1. The molecule has 6 nitrogen and oxygen atoms in total. The molecule has 7 heteroatoms. The number of carbonyl (C=O) groups excluding carboxylic acids is 2. The van der Waals surface area contributed by atoms with Gasteiger partial charge in [-0.15, -0.1) is 0 Å². The summed E-state index contributed by atoms with van der Waals surface area (Å²) < 4.78 is 1.56. The third-order valence-electron chi connectivity index (χ3n) is 4.00. The molecule has 0 saturated carbocycles. The van der Waals surface area contributed by atoms with Crippen LogP contribution in [0.2, 0.25) is 5.02 Å². The van der Waals surface area contributed by atoms with Crippen LogP contribution in [0.25, 0.3) is 0 Å². The standard InChI is InChI=1S/C15H23ClN4O2/c1-10-14(16)12(3)20(18-10)9-13(21)17-11(2)15(22)19-7-5-4-6-8-19/h11H,4-9H2,1-3H3,(H,17,21)/t11-/m0/s1. The van der Waals surface area contributed by atoms with Crippen molar-refractivity contribution in [3.63, 3.8) is 0 Å². The number of hydrogen-bond acceptors (Lipinski definition) is 3. The van der Waals surface area contributed by atoms with Crippen LogP contribution in [0.3, 0.4) is 0 Å². The molecule has 2 amide bonds. The van der Waals surface area contributed by atoms with E-state index in [2.05, 4.69) is 10.4 Å². The third-order valence-corrected chi connectivity index (χ3v) is 4.55. The number of carbonyl (C=O) groups is 2. The second kappa shape index (κ2) is 7.13. The van der Waals surface area contributed by atoms with E-state index in [1.54, 1.807) is 18.5 Å². The number of aryl methyl sites for hydroxylation is 1. The first kappa shape index (κ1) is 16.8. The van der Waals surface area contributed by atoms with Crippen LogP contribution in [0.4, 0.5) is 0 Å². The summed E-state index contributed by atoms with van der Waals surface area (Å²) in [4.78, 5) is 26.2. The van der Waals surface area contributed by atoms with Gasteiger partial charge in [-0.25, -0.2) is 0 Å². The van der Waals surface area contributed by atoms with Gasteiger partial charge in [0.05, 0.1) is 16.4 Å². The lowest BCUT2D eigenvalue weighted by Crippen LogP contribution is -2.49. The predicted molar refractivity (Wildman–Crippen MR) is 84.7 cm³/mol. The lowest BCUT2D eigenvalue weighted by molar-refractivity contribution is -0.136. The van der Waals surface area contributed by atoms with Gasteiger partial charge in [-0.2, -0.15) is 5.10 Å². The summed E-state index contributed by atoms with van der Waals surface area (Å²) in [6.45, 7) is 6.97. The molecule has 1 atom stereocenters. The molecule has 1 aromatic heterocycles. The van der Waals surface area contributed by atoms with E-state index in [9.17, 15) is 9.59 Å². The second-order valence-corrected chi connectivity index (χ2v) is 6.20. The molecule has 1 saturated heterocycles. The Balaban J connectivity index is 1.90. The van der Waals surface area contributed by atoms with Crippen LogP contribution in [-0.4, -0.2) is 45.6 Å². The fourth-order valence-corrected chi connectivity index (χ4v) is 2.84. The Labute approximate surface area is 135 Å². The normalized spacial score (nSPS) is 16.5. The van der Waals surface area contributed by atoms with Crippen molar-refractivity contribution < 1.29 is 9.59 Å². The Morgan fingerprint density at radius 1 is 1.27 bits per heavy atom. The highest BCUT2D eigenvalue weighted by Gasteiger charge is 2.23. The minimum absolute atomic E-state index is 0.0144. The van der Waals surface area contributed by atoms with E-state index < -0.39 is 6.04 Å². The number of amides is 2. The highest BCUT2D eigenvalue weighted by molar-refractivity contribution is 6.31. The zero-order valence-corrected chi connectivity index (χ0v) is 14.1. The lowest BCUT2D eigenvalue weighted by Gasteiger charge is -2.29. The van der Waals surface area contributed by atoms with E-state index >= 15 is 0 Å². The van der Waals surface area contributed by atoms with Crippen molar-refractivity contribution in [1.82, 2.24) is 20.0 Å². The second-order valence-electron chi connectivity index (χ2n) is 5.82. The molecule has 0 aromatic carbocycles. The molecular formula is C15H23ClN4O2. The van der Waals surface area contributed by atoms with Gasteiger partial charge in [-0.1, -0.05) is 11.6 Å². The molecular weight excluding hydrogens is 304 g/mol. The number of aromatic nitrogens is 2. The molecule has 122 valence electrons. The average Bonchev–Trinajstić information content (AvgIpc) is 2.74. The molecule has 1 fully saturated rings. The van der Waals surface area contributed by atoms with Crippen LogP contribution >= 0.6 is 11.6 Å². The smallest absolute Gasteiger partial charge is 0.244 e. The van der Waals surface area contributed by atoms with E-state index in [1.165, 1.54) is 6.42 Å². The van der Waals surface area contributed by atoms with Crippen LogP contribution in [0.5, 0.6) is 0 Å². The third kappa shape index (κ3) is 3.80. The van der Waals surface area contributed by atoms with Crippen molar-refractivity contribution in [2.24, 2.45) is 0 Å². The molecule has 1 aliphatic heterocycles. The zero-order valence-electron chi connectivity index (χ0n) is 13.4. The number of rotatable bonds is 4. The summed E-state index contributed by atoms with van der Waals surface area (Å²) >= 11 is 6.06. The van der Waals surface area contributed by atoms with Crippen molar-refractivity contribution in [2.75, 3.05) is 13.1 Å². The van der Waals surface area contributed by atoms with Gasteiger partial charge in [0.25, 0.3) is 0 Å². The SMILES string of the molecule is Cc1nn(CC(=O)N[C@@H](C)C(=O)N2CCCCC2)c(C)c1Cl. The Kier molecular flexibility index (Phi) is 5.45. The first-order valence-corrected chi connectivity index (χ1v) is 8.05. The molecule has 1 aromatic rings. The average molecular weight is 327 g/mol. The number of piperidine rings is 1. The van der Waals surface area contributed by atoms with E-state index in [1.807, 2.05) is 11.8 Å². The van der Waals surface area contributed by atoms with Crippen LogP contribution in [0.1, 0.15) is 37.6 Å². The zero-order chi connectivity index (χ0) is 16.3. The van der Waals surface area contributed by atoms with Crippen molar-refractivity contribution in [3.8, 4) is 0 Å². The summed E-state index contributed by atoms with van der Waals surface area (Å²) in [6.07, 6.45) is 3.25. The van der Waals surface area contributed by atoms with Crippen molar-refractivity contribution in [1.29, 1.82) is 0 Å². The summed E-state index contributed by atoms with van der Waals surface area (Å²) in [5.74, 6) is -0.250. The first-order chi connectivity index (χ1) is 10.4. The highest BCUT2D eigenvalue weighted by atomic mass is 35.5. The molecule has 0 radical (unpaired) electrons. The van der Waals surface area contributed by atoms with Gasteiger partial charge >= 0.3 is 0 Å². The van der Waals surface area contributed by atoms with Crippen LogP contribution in [-0.2, 0) is 16.1 Å². The van der Waals surface area contributed by atoms with Crippen molar-refractivity contribution in [3.05, 3.63) is 16.4 Å². The van der Waals surface area contributed by atoms with Crippen molar-refractivity contribution >= 4 is 23.4 Å². The number of nitrogens with zero attached hydrogens (tertiary/aromatic N) is 3. The minimum atomic E-state index is -0.516. The van der Waals surface area contributed by atoms with Gasteiger partial charge in [-0.05, 0) is 40.0 Å². The Bertz CT molecular complexity index is 564. The van der Waals surface area contributed by atoms with E-state index in [0.29, 0.717) is 10.7 Å². The monoisotopic (exact) mass is 326 g/mol.